The highest BCUT2D eigenvalue weighted by molar-refractivity contribution is 5.81. The van der Waals surface area contributed by atoms with Crippen LogP contribution >= 0.6 is 0 Å². The van der Waals surface area contributed by atoms with Crippen molar-refractivity contribution in [2.24, 2.45) is 11.7 Å². The number of primary amides is 1. The van der Waals surface area contributed by atoms with Gasteiger partial charge in [0.05, 0.1) is 5.92 Å². The van der Waals surface area contributed by atoms with Crippen molar-refractivity contribution in [3.63, 3.8) is 0 Å². The second kappa shape index (κ2) is 3.96. The number of nitrogens with two attached hydrogens (primary N) is 1. The van der Waals surface area contributed by atoms with Crippen LogP contribution in [0, 0.1) is 5.92 Å². The molecule has 2 unspecified atom stereocenters. The van der Waals surface area contributed by atoms with E-state index in [-0.39, 0.29) is 0 Å². The Morgan fingerprint density at radius 3 is 2.71 bits per heavy atom. The maximum atomic E-state index is 11.2. The van der Waals surface area contributed by atoms with Crippen molar-refractivity contribution in [1.82, 2.24) is 0 Å². The van der Waals surface area contributed by atoms with Crippen LogP contribution in [0.1, 0.15) is 26.7 Å². The van der Waals surface area contributed by atoms with Crippen molar-refractivity contribution in [2.45, 2.75) is 32.3 Å². The van der Waals surface area contributed by atoms with Gasteiger partial charge in [-0.05, 0) is 18.4 Å². The van der Waals surface area contributed by atoms with E-state index in [4.69, 9.17) is 5.73 Å². The first-order valence-electron chi connectivity index (χ1n) is 4.95. The number of allylic oxidation sites excluding steroid dienone is 2. The molecule has 0 saturated heterocycles. The molecule has 0 fully saturated rings. The number of amides is 1. The Hall–Kier alpha value is -1.09. The first-order chi connectivity index (χ1) is 6.56. The van der Waals surface area contributed by atoms with E-state index in [1.807, 2.05) is 19.9 Å². The normalized spacial score (nSPS) is 31.4. The van der Waals surface area contributed by atoms with Crippen LogP contribution < -0.4 is 5.73 Å². The number of hydrogen-bond donors (Lipinski definition) is 2. The molecule has 0 aromatic carbocycles. The zero-order valence-electron chi connectivity index (χ0n) is 8.66. The lowest BCUT2D eigenvalue weighted by atomic mass is 9.74. The van der Waals surface area contributed by atoms with Gasteiger partial charge in [0.25, 0.3) is 0 Å². The van der Waals surface area contributed by atoms with Crippen molar-refractivity contribution >= 4 is 5.91 Å². The molecule has 1 aliphatic rings. The summed E-state index contributed by atoms with van der Waals surface area (Å²) in [5.41, 5.74) is 5.06. The minimum absolute atomic E-state index is 0.468. The second-order valence-electron chi connectivity index (χ2n) is 3.59. The Bertz CT molecular complexity index is 294. The average Bonchev–Trinajstić information content (AvgIpc) is 2.17. The van der Waals surface area contributed by atoms with Crippen molar-refractivity contribution in [3.05, 3.63) is 23.8 Å². The summed E-state index contributed by atoms with van der Waals surface area (Å²) in [6, 6.07) is 0. The monoisotopic (exact) mass is 195 g/mol. The molecule has 2 atom stereocenters. The fraction of sp³-hybridized carbons (Fsp3) is 0.545. The van der Waals surface area contributed by atoms with Gasteiger partial charge in [-0.15, -0.1) is 0 Å². The molecule has 0 bridgehead atoms. The van der Waals surface area contributed by atoms with Gasteiger partial charge in [-0.2, -0.15) is 0 Å². The standard InChI is InChI=1S/C11H17NO2/c1-3-8-6-5-7-9(10(12)13)11(8,14)4-2/h5-7,9,14H,3-4H2,1-2H3,(H2,12,13). The maximum Gasteiger partial charge on any atom is 0.227 e. The molecule has 0 saturated carbocycles. The Kier molecular flexibility index (Phi) is 3.11. The van der Waals surface area contributed by atoms with E-state index in [9.17, 15) is 9.90 Å². The molecule has 1 aliphatic carbocycles. The summed E-state index contributed by atoms with van der Waals surface area (Å²) in [6.07, 6.45) is 6.56. The van der Waals surface area contributed by atoms with Crippen LogP contribution in [0.5, 0.6) is 0 Å². The predicted octanol–water partition coefficient (Wildman–Crippen LogP) is 1.14. The van der Waals surface area contributed by atoms with E-state index in [1.165, 1.54) is 0 Å². The van der Waals surface area contributed by atoms with Gasteiger partial charge < -0.3 is 10.8 Å². The molecular formula is C11H17NO2. The molecule has 0 aromatic rings. The van der Waals surface area contributed by atoms with Crippen LogP contribution in [-0.2, 0) is 4.79 Å². The molecule has 1 amide bonds. The zero-order chi connectivity index (χ0) is 10.8. The van der Waals surface area contributed by atoms with E-state index >= 15 is 0 Å². The molecule has 0 aromatic heterocycles. The first kappa shape index (κ1) is 11.0. The lowest BCUT2D eigenvalue weighted by molar-refractivity contribution is -0.126. The van der Waals surface area contributed by atoms with Gasteiger partial charge in [0.1, 0.15) is 5.60 Å². The number of carbonyl (C=O) groups excluding carboxylic acids is 1. The molecule has 0 aliphatic heterocycles. The number of carbonyl (C=O) groups is 1. The highest BCUT2D eigenvalue weighted by Crippen LogP contribution is 2.35. The van der Waals surface area contributed by atoms with Crippen LogP contribution in [0.4, 0.5) is 0 Å². The zero-order valence-corrected chi connectivity index (χ0v) is 8.66. The van der Waals surface area contributed by atoms with Crippen LogP contribution in [0.25, 0.3) is 0 Å². The molecule has 1 rings (SSSR count). The van der Waals surface area contributed by atoms with E-state index in [2.05, 4.69) is 0 Å². The molecule has 3 heteroatoms. The summed E-state index contributed by atoms with van der Waals surface area (Å²) in [5, 5.41) is 10.3. The third-order valence-electron chi connectivity index (χ3n) is 2.90. The van der Waals surface area contributed by atoms with Crippen LogP contribution in [0.15, 0.2) is 23.8 Å². The van der Waals surface area contributed by atoms with Gasteiger partial charge in [0.2, 0.25) is 5.91 Å². The fourth-order valence-corrected chi connectivity index (χ4v) is 1.99. The van der Waals surface area contributed by atoms with Gasteiger partial charge in [0.15, 0.2) is 0 Å². The Balaban J connectivity index is 3.08. The average molecular weight is 195 g/mol. The van der Waals surface area contributed by atoms with Gasteiger partial charge in [-0.1, -0.05) is 32.1 Å². The minimum atomic E-state index is -1.07. The van der Waals surface area contributed by atoms with Crippen LogP contribution in [-0.4, -0.2) is 16.6 Å². The highest BCUT2D eigenvalue weighted by Gasteiger charge is 2.40. The van der Waals surface area contributed by atoms with Crippen LogP contribution in [0.3, 0.4) is 0 Å². The Labute approximate surface area is 84.3 Å². The minimum Gasteiger partial charge on any atom is -0.384 e. The Morgan fingerprint density at radius 1 is 1.64 bits per heavy atom. The number of rotatable bonds is 3. The predicted molar refractivity (Wildman–Crippen MR) is 55.4 cm³/mol. The summed E-state index contributed by atoms with van der Waals surface area (Å²) in [5.74, 6) is -1.06. The largest absolute Gasteiger partial charge is 0.384 e. The molecule has 0 radical (unpaired) electrons. The van der Waals surface area contributed by atoms with E-state index in [0.717, 1.165) is 12.0 Å². The third kappa shape index (κ3) is 1.60. The summed E-state index contributed by atoms with van der Waals surface area (Å²) < 4.78 is 0. The first-order valence-corrected chi connectivity index (χ1v) is 4.95. The Morgan fingerprint density at radius 2 is 2.29 bits per heavy atom. The maximum absolute atomic E-state index is 11.2. The highest BCUT2D eigenvalue weighted by atomic mass is 16.3. The summed E-state index contributed by atoms with van der Waals surface area (Å²) in [7, 11) is 0. The number of aliphatic hydroxyl groups is 1. The molecule has 78 valence electrons. The van der Waals surface area contributed by atoms with Crippen molar-refractivity contribution in [1.29, 1.82) is 0 Å². The van der Waals surface area contributed by atoms with E-state index in [0.29, 0.717) is 6.42 Å². The smallest absolute Gasteiger partial charge is 0.227 e. The van der Waals surface area contributed by atoms with Crippen molar-refractivity contribution < 1.29 is 9.90 Å². The third-order valence-corrected chi connectivity index (χ3v) is 2.90. The molecule has 3 nitrogen and oxygen atoms in total. The van der Waals surface area contributed by atoms with Crippen molar-refractivity contribution in [3.8, 4) is 0 Å². The molecule has 0 spiro atoms. The van der Waals surface area contributed by atoms with Gasteiger partial charge in [0, 0.05) is 0 Å². The topological polar surface area (TPSA) is 63.3 Å². The van der Waals surface area contributed by atoms with Crippen LogP contribution in [0.2, 0.25) is 0 Å². The lowest BCUT2D eigenvalue weighted by Gasteiger charge is -2.36. The molecule has 0 heterocycles. The second-order valence-corrected chi connectivity index (χ2v) is 3.59. The summed E-state index contributed by atoms with van der Waals surface area (Å²) >= 11 is 0. The van der Waals surface area contributed by atoms with E-state index < -0.39 is 17.4 Å². The van der Waals surface area contributed by atoms with Gasteiger partial charge >= 0.3 is 0 Å². The molecule has 3 N–H and O–H groups in total. The molecular weight excluding hydrogens is 178 g/mol. The number of hydrogen-bond acceptors (Lipinski definition) is 2. The summed E-state index contributed by atoms with van der Waals surface area (Å²) in [6.45, 7) is 3.82. The van der Waals surface area contributed by atoms with Gasteiger partial charge in [-0.25, -0.2) is 0 Å². The van der Waals surface area contributed by atoms with Crippen molar-refractivity contribution in [2.75, 3.05) is 0 Å². The quantitative estimate of drug-likeness (QED) is 0.709. The van der Waals surface area contributed by atoms with E-state index in [1.54, 1.807) is 12.2 Å². The lowest BCUT2D eigenvalue weighted by Crippen LogP contribution is -2.46. The fourth-order valence-electron chi connectivity index (χ4n) is 1.99. The SMILES string of the molecule is CCC1=CC=CC(C(N)=O)C1(O)CC. The van der Waals surface area contributed by atoms with Gasteiger partial charge in [-0.3, -0.25) is 4.79 Å². The molecule has 14 heavy (non-hydrogen) atoms. The summed E-state index contributed by atoms with van der Waals surface area (Å²) in [4.78, 5) is 11.2.